The minimum Gasteiger partial charge on any atom is -0.430 e. The highest BCUT2D eigenvalue weighted by atomic mass is 32.1. The quantitative estimate of drug-likeness (QED) is 0.838. The van der Waals surface area contributed by atoms with Gasteiger partial charge in [-0.1, -0.05) is 37.3 Å². The van der Waals surface area contributed by atoms with Crippen LogP contribution in [0.15, 0.2) is 28.0 Å². The van der Waals surface area contributed by atoms with Crippen molar-refractivity contribution < 1.29 is 4.42 Å². The van der Waals surface area contributed by atoms with Crippen molar-refractivity contribution in [3.63, 3.8) is 0 Å². The molecule has 0 spiro atoms. The lowest BCUT2D eigenvalue weighted by molar-refractivity contribution is 0.528. The standard InChI is InChI=1S/C13H15NOS/c1-8(2)10-5-4-9(3)11(6-10)12-7-16-13(14)15-12/h4-8,14H,1-3H3. The van der Waals surface area contributed by atoms with Gasteiger partial charge in [-0.25, -0.2) is 0 Å². The van der Waals surface area contributed by atoms with Crippen molar-refractivity contribution in [3.8, 4) is 11.3 Å². The van der Waals surface area contributed by atoms with Crippen molar-refractivity contribution in [1.29, 1.82) is 5.41 Å². The molecule has 1 N–H and O–H groups in total. The SMILES string of the molecule is Cc1ccc(C(C)C)cc1-c1csc(=N)o1. The van der Waals surface area contributed by atoms with Gasteiger partial charge in [0.25, 0.3) is 4.87 Å². The Balaban J connectivity index is 2.55. The van der Waals surface area contributed by atoms with E-state index >= 15 is 0 Å². The van der Waals surface area contributed by atoms with E-state index in [0.717, 1.165) is 11.3 Å². The van der Waals surface area contributed by atoms with Crippen LogP contribution in [-0.2, 0) is 0 Å². The van der Waals surface area contributed by atoms with Gasteiger partial charge < -0.3 is 4.42 Å². The van der Waals surface area contributed by atoms with Gasteiger partial charge in [0.1, 0.15) is 5.76 Å². The third-order valence-corrected chi connectivity index (χ3v) is 3.30. The first-order valence-electron chi connectivity index (χ1n) is 5.32. The van der Waals surface area contributed by atoms with Crippen LogP contribution in [0.2, 0.25) is 0 Å². The van der Waals surface area contributed by atoms with Crippen molar-refractivity contribution in [3.05, 3.63) is 39.6 Å². The summed E-state index contributed by atoms with van der Waals surface area (Å²) in [6, 6.07) is 6.42. The molecule has 2 aromatic rings. The van der Waals surface area contributed by atoms with Crippen LogP contribution in [-0.4, -0.2) is 0 Å². The second kappa shape index (κ2) is 4.26. The lowest BCUT2D eigenvalue weighted by Gasteiger charge is -2.09. The zero-order valence-electron chi connectivity index (χ0n) is 9.70. The fraction of sp³-hybridized carbons (Fsp3) is 0.308. The van der Waals surface area contributed by atoms with E-state index in [1.165, 1.54) is 22.5 Å². The molecule has 84 valence electrons. The third kappa shape index (κ3) is 2.09. The highest BCUT2D eigenvalue weighted by Gasteiger charge is 2.08. The van der Waals surface area contributed by atoms with E-state index in [1.54, 1.807) is 0 Å². The van der Waals surface area contributed by atoms with Gasteiger partial charge in [0.2, 0.25) is 0 Å². The molecule has 0 aliphatic rings. The van der Waals surface area contributed by atoms with Gasteiger partial charge >= 0.3 is 0 Å². The lowest BCUT2D eigenvalue weighted by atomic mass is 9.97. The van der Waals surface area contributed by atoms with Gasteiger partial charge in [0, 0.05) is 10.9 Å². The topological polar surface area (TPSA) is 37.0 Å². The maximum absolute atomic E-state index is 7.43. The van der Waals surface area contributed by atoms with E-state index in [0.29, 0.717) is 5.92 Å². The van der Waals surface area contributed by atoms with Gasteiger partial charge in [-0.2, -0.15) is 0 Å². The summed E-state index contributed by atoms with van der Waals surface area (Å²) in [6.07, 6.45) is 0. The van der Waals surface area contributed by atoms with Gasteiger partial charge in [0.15, 0.2) is 0 Å². The van der Waals surface area contributed by atoms with E-state index in [1.807, 2.05) is 5.38 Å². The van der Waals surface area contributed by atoms with Crippen LogP contribution in [0, 0.1) is 12.3 Å². The summed E-state index contributed by atoms with van der Waals surface area (Å²) in [5.74, 6) is 1.31. The number of aryl methyl sites for hydroxylation is 1. The number of nitrogens with one attached hydrogen (secondary N) is 1. The van der Waals surface area contributed by atoms with Gasteiger partial charge in [-0.05, 0) is 30.0 Å². The second-order valence-corrected chi connectivity index (χ2v) is 5.06. The minimum absolute atomic E-state index is 0.254. The first-order valence-corrected chi connectivity index (χ1v) is 6.20. The molecule has 0 amide bonds. The summed E-state index contributed by atoms with van der Waals surface area (Å²) in [5, 5.41) is 9.32. The maximum Gasteiger partial charge on any atom is 0.271 e. The molecule has 16 heavy (non-hydrogen) atoms. The number of hydrogen-bond donors (Lipinski definition) is 1. The molecular weight excluding hydrogens is 218 g/mol. The maximum atomic E-state index is 7.43. The van der Waals surface area contributed by atoms with Crippen LogP contribution in [0.1, 0.15) is 30.9 Å². The normalized spacial score (nSPS) is 11.0. The van der Waals surface area contributed by atoms with Crippen LogP contribution >= 0.6 is 11.3 Å². The van der Waals surface area contributed by atoms with Gasteiger partial charge in [0.05, 0.1) is 0 Å². The monoisotopic (exact) mass is 233 g/mol. The molecule has 0 saturated heterocycles. The second-order valence-electron chi connectivity index (χ2n) is 4.22. The van der Waals surface area contributed by atoms with Gasteiger partial charge in [-0.3, -0.25) is 5.41 Å². The van der Waals surface area contributed by atoms with Crippen molar-refractivity contribution in [2.24, 2.45) is 0 Å². The zero-order valence-corrected chi connectivity index (χ0v) is 10.5. The molecule has 0 radical (unpaired) electrons. The molecule has 0 unspecified atom stereocenters. The van der Waals surface area contributed by atoms with E-state index in [-0.39, 0.29) is 4.87 Å². The summed E-state index contributed by atoms with van der Waals surface area (Å²) in [6.45, 7) is 6.42. The summed E-state index contributed by atoms with van der Waals surface area (Å²) in [5.41, 5.74) is 3.58. The van der Waals surface area contributed by atoms with E-state index < -0.39 is 0 Å². The molecule has 0 aliphatic carbocycles. The Kier molecular flexibility index (Phi) is 2.97. The smallest absolute Gasteiger partial charge is 0.271 e. The Hall–Kier alpha value is -1.35. The van der Waals surface area contributed by atoms with Crippen LogP contribution < -0.4 is 4.87 Å². The summed E-state index contributed by atoms with van der Waals surface area (Å²) < 4.78 is 5.37. The van der Waals surface area contributed by atoms with E-state index in [4.69, 9.17) is 9.83 Å². The molecule has 1 aromatic carbocycles. The molecule has 0 aliphatic heterocycles. The van der Waals surface area contributed by atoms with E-state index in [9.17, 15) is 0 Å². The number of benzene rings is 1. The van der Waals surface area contributed by atoms with Crippen LogP contribution in [0.4, 0.5) is 0 Å². The van der Waals surface area contributed by atoms with Gasteiger partial charge in [-0.15, -0.1) is 0 Å². The van der Waals surface area contributed by atoms with Crippen LogP contribution in [0.5, 0.6) is 0 Å². The molecule has 2 nitrogen and oxygen atoms in total. The fourth-order valence-electron chi connectivity index (χ4n) is 1.64. The predicted octanol–water partition coefficient (Wildman–Crippen LogP) is 3.92. The predicted molar refractivity (Wildman–Crippen MR) is 66.7 cm³/mol. The molecule has 0 saturated carbocycles. The Morgan fingerprint density at radius 3 is 2.62 bits per heavy atom. The summed E-state index contributed by atoms with van der Waals surface area (Å²) >= 11 is 1.32. The first kappa shape index (κ1) is 11.1. The molecule has 0 atom stereocenters. The Bertz CT molecular complexity index is 551. The average molecular weight is 233 g/mol. The average Bonchev–Trinajstić information content (AvgIpc) is 2.65. The molecule has 0 fully saturated rings. The molecular formula is C13H15NOS. The zero-order chi connectivity index (χ0) is 11.7. The van der Waals surface area contributed by atoms with Crippen molar-refractivity contribution in [2.45, 2.75) is 26.7 Å². The Morgan fingerprint density at radius 2 is 2.06 bits per heavy atom. The minimum atomic E-state index is 0.254. The summed E-state index contributed by atoms with van der Waals surface area (Å²) in [4.78, 5) is 0.254. The third-order valence-electron chi connectivity index (χ3n) is 2.67. The molecule has 1 heterocycles. The Morgan fingerprint density at radius 1 is 1.31 bits per heavy atom. The Labute approximate surface area is 99.1 Å². The molecule has 0 bridgehead atoms. The lowest BCUT2D eigenvalue weighted by Crippen LogP contribution is -1.91. The van der Waals surface area contributed by atoms with E-state index in [2.05, 4.69) is 39.0 Å². The van der Waals surface area contributed by atoms with Crippen LogP contribution in [0.25, 0.3) is 11.3 Å². The largest absolute Gasteiger partial charge is 0.430 e. The highest BCUT2D eigenvalue weighted by molar-refractivity contribution is 7.07. The van der Waals surface area contributed by atoms with Crippen molar-refractivity contribution in [2.75, 3.05) is 0 Å². The molecule has 2 rings (SSSR count). The van der Waals surface area contributed by atoms with Crippen molar-refractivity contribution >= 4 is 11.3 Å². The number of rotatable bonds is 2. The molecule has 3 heteroatoms. The summed E-state index contributed by atoms with van der Waals surface area (Å²) in [7, 11) is 0. The number of hydrogen-bond acceptors (Lipinski definition) is 3. The highest BCUT2D eigenvalue weighted by Crippen LogP contribution is 2.27. The fourth-order valence-corrected chi connectivity index (χ4v) is 2.16. The van der Waals surface area contributed by atoms with Crippen molar-refractivity contribution in [1.82, 2.24) is 0 Å². The van der Waals surface area contributed by atoms with Crippen LogP contribution in [0.3, 0.4) is 0 Å². The molecule has 1 aromatic heterocycles. The first-order chi connectivity index (χ1) is 7.58.